The number of aromatic amines is 1. The van der Waals surface area contributed by atoms with Crippen molar-refractivity contribution in [3.8, 4) is 11.3 Å². The van der Waals surface area contributed by atoms with Crippen LogP contribution in [0.25, 0.3) is 22.2 Å². The number of benzene rings is 3. The molecule has 118 valence electrons. The van der Waals surface area contributed by atoms with Crippen molar-refractivity contribution in [2.24, 2.45) is 0 Å². The molecule has 4 rings (SSSR count). The summed E-state index contributed by atoms with van der Waals surface area (Å²) in [7, 11) is -3.63. The molecule has 0 radical (unpaired) electrons. The quantitative estimate of drug-likeness (QED) is 0.592. The van der Waals surface area contributed by atoms with E-state index in [1.54, 1.807) is 24.3 Å². The van der Waals surface area contributed by atoms with Crippen LogP contribution in [0.1, 0.15) is 0 Å². The Morgan fingerprint density at radius 2 is 1.25 bits per heavy atom. The van der Waals surface area contributed by atoms with E-state index in [-0.39, 0.29) is 0 Å². The molecule has 0 amide bonds. The predicted octanol–water partition coefficient (Wildman–Crippen LogP) is 4.67. The lowest BCUT2D eigenvalue weighted by atomic mass is 10.1. The lowest BCUT2D eigenvalue weighted by Crippen LogP contribution is -2.03. The third kappa shape index (κ3) is 2.32. The number of rotatable bonds is 3. The van der Waals surface area contributed by atoms with Crippen LogP contribution in [0.4, 0.5) is 0 Å². The highest BCUT2D eigenvalue weighted by molar-refractivity contribution is 7.91. The molecule has 3 aromatic carbocycles. The third-order valence-electron chi connectivity index (χ3n) is 4.04. The predicted molar refractivity (Wildman–Crippen MR) is 95.6 cm³/mol. The van der Waals surface area contributed by atoms with Gasteiger partial charge in [-0.15, -0.1) is 0 Å². The molecule has 0 aliphatic rings. The molecular formula is C20H15NO2S. The van der Waals surface area contributed by atoms with E-state index in [0.29, 0.717) is 20.9 Å². The summed E-state index contributed by atoms with van der Waals surface area (Å²) in [6, 6.07) is 25.6. The van der Waals surface area contributed by atoms with Gasteiger partial charge in [0.05, 0.1) is 10.6 Å². The standard InChI is InChI=1S/C20H15NO2S/c22-24(23,16-11-5-2-6-12-16)20-17-13-7-8-14-18(17)21-19(20)15-9-3-1-4-10-15/h1-14,21H. The van der Waals surface area contributed by atoms with Crippen molar-refractivity contribution in [2.45, 2.75) is 9.79 Å². The van der Waals surface area contributed by atoms with Crippen LogP contribution in [-0.4, -0.2) is 13.4 Å². The van der Waals surface area contributed by atoms with Crippen molar-refractivity contribution in [3.05, 3.63) is 84.9 Å². The minimum Gasteiger partial charge on any atom is -0.353 e. The minimum absolute atomic E-state index is 0.298. The van der Waals surface area contributed by atoms with Crippen LogP contribution in [0.2, 0.25) is 0 Å². The fraction of sp³-hybridized carbons (Fsp3) is 0. The maximum Gasteiger partial charge on any atom is 0.209 e. The zero-order valence-corrected chi connectivity index (χ0v) is 13.6. The van der Waals surface area contributed by atoms with Crippen molar-refractivity contribution >= 4 is 20.7 Å². The molecule has 1 N–H and O–H groups in total. The lowest BCUT2D eigenvalue weighted by molar-refractivity contribution is 0.597. The zero-order chi connectivity index (χ0) is 16.6. The minimum atomic E-state index is -3.63. The second-order valence-corrected chi connectivity index (χ2v) is 7.44. The zero-order valence-electron chi connectivity index (χ0n) is 12.8. The van der Waals surface area contributed by atoms with Crippen LogP contribution in [0.5, 0.6) is 0 Å². The van der Waals surface area contributed by atoms with Crippen molar-refractivity contribution in [1.82, 2.24) is 4.98 Å². The summed E-state index contributed by atoms with van der Waals surface area (Å²) in [5, 5.41) is 0.709. The Hall–Kier alpha value is -2.85. The Morgan fingerprint density at radius 3 is 1.96 bits per heavy atom. The van der Waals surface area contributed by atoms with Gasteiger partial charge >= 0.3 is 0 Å². The number of hydrogen-bond donors (Lipinski definition) is 1. The molecule has 0 aliphatic heterocycles. The van der Waals surface area contributed by atoms with E-state index in [1.807, 2.05) is 60.7 Å². The Bertz CT molecular complexity index is 1100. The Morgan fingerprint density at radius 1 is 0.667 bits per heavy atom. The Kier molecular flexibility index (Phi) is 3.47. The van der Waals surface area contributed by atoms with Crippen molar-refractivity contribution in [3.63, 3.8) is 0 Å². The molecule has 0 aliphatic carbocycles. The monoisotopic (exact) mass is 333 g/mol. The average Bonchev–Trinajstić information content (AvgIpc) is 3.03. The number of hydrogen-bond acceptors (Lipinski definition) is 2. The van der Waals surface area contributed by atoms with Crippen LogP contribution in [0, 0.1) is 0 Å². The Labute approximate surface area is 140 Å². The lowest BCUT2D eigenvalue weighted by Gasteiger charge is -2.07. The highest BCUT2D eigenvalue weighted by Crippen LogP contribution is 2.36. The number of sulfone groups is 1. The van der Waals surface area contributed by atoms with Gasteiger partial charge in [0.1, 0.15) is 4.90 Å². The first kappa shape index (κ1) is 14.7. The van der Waals surface area contributed by atoms with Gasteiger partial charge < -0.3 is 4.98 Å². The van der Waals surface area contributed by atoms with Crippen molar-refractivity contribution in [1.29, 1.82) is 0 Å². The first-order valence-corrected chi connectivity index (χ1v) is 9.12. The van der Waals surface area contributed by atoms with Gasteiger partial charge in [-0.3, -0.25) is 0 Å². The van der Waals surface area contributed by atoms with Gasteiger partial charge in [0, 0.05) is 10.9 Å². The number of fused-ring (bicyclic) bond motifs is 1. The second-order valence-electron chi connectivity index (χ2n) is 5.56. The molecule has 0 saturated heterocycles. The number of nitrogens with one attached hydrogen (secondary N) is 1. The smallest absolute Gasteiger partial charge is 0.209 e. The maximum absolute atomic E-state index is 13.3. The van der Waals surface area contributed by atoms with E-state index in [0.717, 1.165) is 11.1 Å². The molecule has 4 aromatic rings. The maximum atomic E-state index is 13.3. The highest BCUT2D eigenvalue weighted by atomic mass is 32.2. The van der Waals surface area contributed by atoms with Crippen LogP contribution in [-0.2, 0) is 9.84 Å². The first-order valence-electron chi connectivity index (χ1n) is 7.64. The Balaban J connectivity index is 2.08. The molecule has 0 unspecified atom stereocenters. The summed E-state index contributed by atoms with van der Waals surface area (Å²) < 4.78 is 26.6. The summed E-state index contributed by atoms with van der Waals surface area (Å²) >= 11 is 0. The van der Waals surface area contributed by atoms with Crippen LogP contribution < -0.4 is 0 Å². The molecule has 0 fully saturated rings. The molecule has 0 bridgehead atoms. The van der Waals surface area contributed by atoms with E-state index < -0.39 is 9.84 Å². The number of para-hydroxylation sites is 1. The van der Waals surface area contributed by atoms with E-state index in [1.165, 1.54) is 0 Å². The van der Waals surface area contributed by atoms with Gasteiger partial charge in [0.15, 0.2) is 0 Å². The van der Waals surface area contributed by atoms with Crippen molar-refractivity contribution < 1.29 is 8.42 Å². The summed E-state index contributed by atoms with van der Waals surface area (Å²) in [6.45, 7) is 0. The van der Waals surface area contributed by atoms with Gasteiger partial charge in [-0.05, 0) is 23.8 Å². The van der Waals surface area contributed by atoms with E-state index in [9.17, 15) is 8.42 Å². The molecular weight excluding hydrogens is 318 g/mol. The van der Waals surface area contributed by atoms with Gasteiger partial charge in [0.2, 0.25) is 9.84 Å². The largest absolute Gasteiger partial charge is 0.353 e. The molecule has 24 heavy (non-hydrogen) atoms. The van der Waals surface area contributed by atoms with Gasteiger partial charge in [0.25, 0.3) is 0 Å². The SMILES string of the molecule is O=S(=O)(c1ccccc1)c1c(-c2ccccc2)[nH]c2ccccc12. The van der Waals surface area contributed by atoms with E-state index in [2.05, 4.69) is 4.98 Å². The molecule has 0 spiro atoms. The van der Waals surface area contributed by atoms with Crippen molar-refractivity contribution in [2.75, 3.05) is 0 Å². The number of H-pyrrole nitrogens is 1. The fourth-order valence-electron chi connectivity index (χ4n) is 2.92. The van der Waals surface area contributed by atoms with Gasteiger partial charge in [-0.1, -0.05) is 66.7 Å². The summed E-state index contributed by atoms with van der Waals surface area (Å²) in [6.07, 6.45) is 0. The average molecular weight is 333 g/mol. The molecule has 1 heterocycles. The third-order valence-corrected chi connectivity index (χ3v) is 5.90. The second kappa shape index (κ2) is 5.65. The topological polar surface area (TPSA) is 49.9 Å². The van der Waals surface area contributed by atoms with Crippen LogP contribution >= 0.6 is 0 Å². The molecule has 0 atom stereocenters. The van der Waals surface area contributed by atoms with Crippen LogP contribution in [0.3, 0.4) is 0 Å². The van der Waals surface area contributed by atoms with Crippen LogP contribution in [0.15, 0.2) is 94.7 Å². The van der Waals surface area contributed by atoms with E-state index in [4.69, 9.17) is 0 Å². The summed E-state index contributed by atoms with van der Waals surface area (Å²) in [5.41, 5.74) is 2.29. The van der Waals surface area contributed by atoms with Gasteiger partial charge in [-0.2, -0.15) is 0 Å². The van der Waals surface area contributed by atoms with E-state index >= 15 is 0 Å². The highest BCUT2D eigenvalue weighted by Gasteiger charge is 2.26. The first-order chi connectivity index (χ1) is 11.7. The molecule has 3 nitrogen and oxygen atoms in total. The molecule has 0 saturated carbocycles. The summed E-state index contributed by atoms with van der Waals surface area (Å²) in [5.74, 6) is 0. The summed E-state index contributed by atoms with van der Waals surface area (Å²) in [4.78, 5) is 3.90. The molecule has 4 heteroatoms. The molecule has 1 aromatic heterocycles. The number of aromatic nitrogens is 1. The normalized spacial score (nSPS) is 11.7. The van der Waals surface area contributed by atoms with Gasteiger partial charge in [-0.25, -0.2) is 8.42 Å². The fourth-order valence-corrected chi connectivity index (χ4v) is 4.58.